The summed E-state index contributed by atoms with van der Waals surface area (Å²) in [6.45, 7) is 10.6. The molecule has 3 aromatic rings. The zero-order chi connectivity index (χ0) is 27.0. The summed E-state index contributed by atoms with van der Waals surface area (Å²) >= 11 is 0. The van der Waals surface area contributed by atoms with Crippen LogP contribution >= 0.6 is 0 Å². The molecule has 2 aromatic heterocycles. The minimum atomic E-state index is -0.980. The number of hydrogen-bond donors (Lipinski definition) is 1. The topological polar surface area (TPSA) is 86.4 Å². The van der Waals surface area contributed by atoms with E-state index in [4.69, 9.17) is 9.72 Å². The summed E-state index contributed by atoms with van der Waals surface area (Å²) in [6.07, 6.45) is 6.79. The highest BCUT2D eigenvalue weighted by Crippen LogP contribution is 2.42. The van der Waals surface area contributed by atoms with Gasteiger partial charge in [0, 0.05) is 62.1 Å². The lowest BCUT2D eigenvalue weighted by molar-refractivity contribution is 0.0586. The first-order valence-electron chi connectivity index (χ1n) is 13.8. The number of likely N-dealkylation sites (N-methyl/N-ethyl adjacent to an activating group) is 1. The number of benzene rings is 1. The Balaban J connectivity index is 1.47. The minimum Gasteiger partial charge on any atom is -0.495 e. The Hall–Kier alpha value is -3.17. The van der Waals surface area contributed by atoms with Gasteiger partial charge in [-0.25, -0.2) is 9.78 Å². The summed E-state index contributed by atoms with van der Waals surface area (Å²) < 4.78 is 7.92. The van der Waals surface area contributed by atoms with Crippen LogP contribution in [0.5, 0.6) is 5.75 Å². The SMILES string of the molecule is CCCC(C)N(C(=O)O)c1ccc(-c2nc([C@H]3C[C@H](N4CCN(C)CC4)C3)n3ccnc(C)c23)cc1OC. The van der Waals surface area contributed by atoms with Gasteiger partial charge in [0.15, 0.2) is 0 Å². The van der Waals surface area contributed by atoms with E-state index >= 15 is 0 Å². The minimum absolute atomic E-state index is 0.157. The van der Waals surface area contributed by atoms with Gasteiger partial charge >= 0.3 is 6.09 Å². The number of methoxy groups -OCH3 is 1. The average molecular weight is 521 g/mol. The molecule has 38 heavy (non-hydrogen) atoms. The number of nitrogens with zero attached hydrogens (tertiary/aromatic N) is 6. The third kappa shape index (κ3) is 4.85. The van der Waals surface area contributed by atoms with E-state index in [0.29, 0.717) is 23.4 Å². The Morgan fingerprint density at radius 1 is 1.24 bits per heavy atom. The number of carboxylic acid groups (broad SMARTS) is 1. The van der Waals surface area contributed by atoms with Gasteiger partial charge in [0.2, 0.25) is 0 Å². The fourth-order valence-corrected chi connectivity index (χ4v) is 6.09. The van der Waals surface area contributed by atoms with Gasteiger partial charge in [-0.3, -0.25) is 19.2 Å². The van der Waals surface area contributed by atoms with Crippen LogP contribution in [0.4, 0.5) is 10.5 Å². The maximum Gasteiger partial charge on any atom is 0.412 e. The van der Waals surface area contributed by atoms with Crippen molar-refractivity contribution in [3.8, 4) is 17.0 Å². The van der Waals surface area contributed by atoms with Crippen LogP contribution in [0, 0.1) is 6.92 Å². The predicted molar refractivity (Wildman–Crippen MR) is 149 cm³/mol. The van der Waals surface area contributed by atoms with E-state index in [9.17, 15) is 9.90 Å². The lowest BCUT2D eigenvalue weighted by atomic mass is 9.78. The molecule has 1 aliphatic heterocycles. The first kappa shape index (κ1) is 26.4. The number of rotatable bonds is 8. The van der Waals surface area contributed by atoms with Crippen molar-refractivity contribution in [2.24, 2.45) is 0 Å². The van der Waals surface area contributed by atoms with Crippen molar-refractivity contribution >= 4 is 17.3 Å². The Bertz CT molecular complexity index is 1290. The van der Waals surface area contributed by atoms with Crippen molar-refractivity contribution in [3.63, 3.8) is 0 Å². The van der Waals surface area contributed by atoms with Crippen LogP contribution < -0.4 is 9.64 Å². The van der Waals surface area contributed by atoms with E-state index in [1.54, 1.807) is 7.11 Å². The van der Waals surface area contributed by atoms with E-state index in [-0.39, 0.29) is 6.04 Å². The molecule has 1 saturated carbocycles. The van der Waals surface area contributed by atoms with Gasteiger partial charge in [0.05, 0.1) is 29.7 Å². The Kier molecular flexibility index (Phi) is 7.59. The van der Waals surface area contributed by atoms with Crippen molar-refractivity contribution in [1.29, 1.82) is 0 Å². The third-order valence-corrected chi connectivity index (χ3v) is 8.36. The van der Waals surface area contributed by atoms with Crippen LogP contribution in [0.15, 0.2) is 30.6 Å². The molecule has 1 amide bonds. The maximum atomic E-state index is 12.2. The summed E-state index contributed by atoms with van der Waals surface area (Å²) in [5, 5.41) is 9.97. The zero-order valence-corrected chi connectivity index (χ0v) is 23.2. The highest BCUT2D eigenvalue weighted by Gasteiger charge is 2.38. The molecular weight excluding hydrogens is 480 g/mol. The first-order chi connectivity index (χ1) is 18.3. The highest BCUT2D eigenvalue weighted by molar-refractivity contribution is 5.90. The molecule has 2 fully saturated rings. The monoisotopic (exact) mass is 520 g/mol. The lowest BCUT2D eigenvalue weighted by Gasteiger charge is -2.45. The number of hydrogen-bond acceptors (Lipinski definition) is 6. The van der Waals surface area contributed by atoms with Crippen LogP contribution in [0.2, 0.25) is 0 Å². The summed E-state index contributed by atoms with van der Waals surface area (Å²) in [4.78, 5) is 28.4. The average Bonchev–Trinajstić information content (AvgIpc) is 3.25. The molecule has 0 radical (unpaired) electrons. The number of anilines is 1. The van der Waals surface area contributed by atoms with Crippen LogP contribution in [0.3, 0.4) is 0 Å². The largest absolute Gasteiger partial charge is 0.495 e. The van der Waals surface area contributed by atoms with Gasteiger partial charge in [0.1, 0.15) is 11.6 Å². The van der Waals surface area contributed by atoms with Crippen molar-refractivity contribution in [2.75, 3.05) is 45.2 Å². The summed E-state index contributed by atoms with van der Waals surface area (Å²) in [5.41, 5.74) is 4.23. The molecule has 1 N–H and O–H groups in total. The van der Waals surface area contributed by atoms with Crippen molar-refractivity contribution in [3.05, 3.63) is 42.1 Å². The quantitative estimate of drug-likeness (QED) is 0.453. The van der Waals surface area contributed by atoms with Crippen LogP contribution in [0.1, 0.15) is 57.0 Å². The number of amides is 1. The van der Waals surface area contributed by atoms with E-state index in [1.807, 2.05) is 44.4 Å². The van der Waals surface area contributed by atoms with E-state index in [0.717, 1.165) is 80.2 Å². The van der Waals surface area contributed by atoms with Gasteiger partial charge in [-0.15, -0.1) is 0 Å². The standard InChI is InChI=1S/C29H40N6O3/c1-6-7-19(2)35(29(36)37)24-9-8-21(18-25(24)38-5)26-27-20(3)30-10-11-34(27)28(31-26)22-16-23(17-22)33-14-12-32(4)13-15-33/h8-11,18-19,22-23H,6-7,12-17H2,1-5H3,(H,36,37)/t19?,22-,23-. The van der Waals surface area contributed by atoms with Crippen LogP contribution in [0.25, 0.3) is 16.8 Å². The highest BCUT2D eigenvalue weighted by atomic mass is 16.5. The fraction of sp³-hybridized carbons (Fsp3) is 0.552. The molecule has 2 aliphatic rings. The Labute approximate surface area is 225 Å². The molecule has 0 bridgehead atoms. The maximum absolute atomic E-state index is 12.2. The van der Waals surface area contributed by atoms with Crippen molar-refractivity contribution in [1.82, 2.24) is 24.2 Å². The van der Waals surface area contributed by atoms with Crippen molar-refractivity contribution in [2.45, 2.75) is 64.5 Å². The number of ether oxygens (including phenoxy) is 1. The molecular formula is C29H40N6O3. The molecule has 1 atom stereocenters. The van der Waals surface area contributed by atoms with Crippen molar-refractivity contribution < 1.29 is 14.6 Å². The van der Waals surface area contributed by atoms with E-state index in [2.05, 4.69) is 33.2 Å². The predicted octanol–water partition coefficient (Wildman–Crippen LogP) is 4.88. The number of aromatic nitrogens is 3. The molecule has 1 saturated heterocycles. The lowest BCUT2D eigenvalue weighted by Crippen LogP contribution is -2.52. The van der Waals surface area contributed by atoms with Gasteiger partial charge in [-0.1, -0.05) is 19.4 Å². The molecule has 204 valence electrons. The summed E-state index contributed by atoms with van der Waals surface area (Å²) in [7, 11) is 3.78. The normalized spacial score (nSPS) is 21.3. The van der Waals surface area contributed by atoms with Gasteiger partial charge in [-0.2, -0.15) is 0 Å². The molecule has 1 unspecified atom stereocenters. The van der Waals surface area contributed by atoms with Gasteiger partial charge in [0.25, 0.3) is 0 Å². The molecule has 1 aliphatic carbocycles. The molecule has 0 spiro atoms. The number of aryl methyl sites for hydroxylation is 1. The van der Waals surface area contributed by atoms with Gasteiger partial charge < -0.3 is 14.7 Å². The number of imidazole rings is 1. The molecule has 9 nitrogen and oxygen atoms in total. The van der Waals surface area contributed by atoms with E-state index < -0.39 is 6.09 Å². The molecule has 3 heterocycles. The number of carbonyl (C=O) groups is 1. The molecule has 1 aromatic carbocycles. The fourth-order valence-electron chi connectivity index (χ4n) is 6.09. The van der Waals surface area contributed by atoms with Gasteiger partial charge in [-0.05, 0) is 52.3 Å². The number of fused-ring (bicyclic) bond motifs is 1. The Morgan fingerprint density at radius 2 is 1.97 bits per heavy atom. The first-order valence-corrected chi connectivity index (χ1v) is 13.8. The summed E-state index contributed by atoms with van der Waals surface area (Å²) in [5.74, 6) is 2.01. The smallest absolute Gasteiger partial charge is 0.412 e. The molecule has 5 rings (SSSR count). The Morgan fingerprint density at radius 3 is 2.63 bits per heavy atom. The van der Waals surface area contributed by atoms with Crippen LogP contribution in [-0.2, 0) is 0 Å². The zero-order valence-electron chi connectivity index (χ0n) is 23.2. The summed E-state index contributed by atoms with van der Waals surface area (Å²) in [6, 6.07) is 6.18. The number of piperazine rings is 1. The second kappa shape index (κ2) is 10.9. The second-order valence-corrected chi connectivity index (χ2v) is 10.9. The third-order valence-electron chi connectivity index (χ3n) is 8.36. The second-order valence-electron chi connectivity index (χ2n) is 10.9. The van der Waals surface area contributed by atoms with Crippen LogP contribution in [-0.4, -0.2) is 87.8 Å². The van der Waals surface area contributed by atoms with E-state index in [1.165, 1.54) is 4.90 Å². The molecule has 9 heteroatoms.